The second kappa shape index (κ2) is 8.82. The zero-order chi connectivity index (χ0) is 12.5. The number of unbranched alkanes of at least 4 members (excludes halogenated alkanes) is 5. The maximum absolute atomic E-state index is 6.03. The minimum atomic E-state index is 0.680. The molecule has 0 aliphatic heterocycles. The number of hydrogen-bond donors (Lipinski definition) is 0. The Kier molecular flexibility index (Phi) is 7.70. The number of halogens is 2. The second-order valence-electron chi connectivity index (χ2n) is 4.19. The van der Waals surface area contributed by atoms with E-state index in [1.54, 1.807) is 0 Å². The Morgan fingerprint density at radius 3 is 2.59 bits per heavy atom. The molecular formula is C14H20BrClO. The van der Waals surface area contributed by atoms with Crippen molar-refractivity contribution in [3.05, 3.63) is 27.7 Å². The first-order valence-corrected chi connectivity index (χ1v) is 7.49. The summed E-state index contributed by atoms with van der Waals surface area (Å²) in [6, 6.07) is 5.68. The van der Waals surface area contributed by atoms with Crippen molar-refractivity contribution in [1.82, 2.24) is 0 Å². The Morgan fingerprint density at radius 2 is 1.82 bits per heavy atom. The van der Waals surface area contributed by atoms with E-state index in [-0.39, 0.29) is 0 Å². The predicted molar refractivity (Wildman–Crippen MR) is 78.0 cm³/mol. The third-order valence-electron chi connectivity index (χ3n) is 2.65. The van der Waals surface area contributed by atoms with E-state index in [1.807, 2.05) is 18.2 Å². The van der Waals surface area contributed by atoms with Crippen molar-refractivity contribution in [2.75, 3.05) is 6.61 Å². The molecule has 0 N–H and O–H groups in total. The Balaban J connectivity index is 2.15. The van der Waals surface area contributed by atoms with Crippen LogP contribution in [0.25, 0.3) is 0 Å². The SMILES string of the molecule is CCCCCCCCOc1cc(Br)ccc1Cl. The van der Waals surface area contributed by atoms with Gasteiger partial charge in [0.1, 0.15) is 5.75 Å². The highest BCUT2D eigenvalue weighted by Gasteiger charge is 2.01. The molecule has 0 aromatic heterocycles. The molecule has 0 heterocycles. The van der Waals surface area contributed by atoms with Gasteiger partial charge >= 0.3 is 0 Å². The van der Waals surface area contributed by atoms with Crippen LogP contribution in [-0.4, -0.2) is 6.61 Å². The zero-order valence-electron chi connectivity index (χ0n) is 10.3. The predicted octanol–water partition coefficient (Wildman–Crippen LogP) is 5.84. The maximum atomic E-state index is 6.03. The van der Waals surface area contributed by atoms with Crippen LogP contribution < -0.4 is 4.74 Å². The smallest absolute Gasteiger partial charge is 0.139 e. The van der Waals surface area contributed by atoms with Crippen LogP contribution in [0.2, 0.25) is 5.02 Å². The molecule has 0 saturated carbocycles. The Bertz CT molecular complexity index is 328. The monoisotopic (exact) mass is 318 g/mol. The average Bonchev–Trinajstić information content (AvgIpc) is 2.32. The van der Waals surface area contributed by atoms with Crippen LogP contribution in [0.1, 0.15) is 45.4 Å². The summed E-state index contributed by atoms with van der Waals surface area (Å²) in [5.41, 5.74) is 0. The number of rotatable bonds is 8. The van der Waals surface area contributed by atoms with E-state index < -0.39 is 0 Å². The summed E-state index contributed by atoms with van der Waals surface area (Å²) >= 11 is 9.44. The first-order chi connectivity index (χ1) is 8.24. The first-order valence-electron chi connectivity index (χ1n) is 6.32. The van der Waals surface area contributed by atoms with Crippen molar-refractivity contribution >= 4 is 27.5 Å². The van der Waals surface area contributed by atoms with Gasteiger partial charge in [0.2, 0.25) is 0 Å². The summed E-state index contributed by atoms with van der Waals surface area (Å²) in [6.45, 7) is 2.99. The number of benzene rings is 1. The van der Waals surface area contributed by atoms with Crippen LogP contribution in [0.5, 0.6) is 5.75 Å². The molecule has 0 spiro atoms. The lowest BCUT2D eigenvalue weighted by Gasteiger charge is -2.08. The van der Waals surface area contributed by atoms with Crippen molar-refractivity contribution < 1.29 is 4.74 Å². The minimum Gasteiger partial charge on any atom is -0.492 e. The molecule has 17 heavy (non-hydrogen) atoms. The summed E-state index contributed by atoms with van der Waals surface area (Å²) in [4.78, 5) is 0. The highest BCUT2D eigenvalue weighted by Crippen LogP contribution is 2.28. The molecule has 0 atom stereocenters. The molecule has 0 amide bonds. The van der Waals surface area contributed by atoms with Gasteiger partial charge in [-0.2, -0.15) is 0 Å². The van der Waals surface area contributed by atoms with Crippen LogP contribution in [-0.2, 0) is 0 Å². The molecule has 0 fully saturated rings. The van der Waals surface area contributed by atoms with Crippen molar-refractivity contribution in [2.24, 2.45) is 0 Å². The van der Waals surface area contributed by atoms with E-state index in [0.29, 0.717) is 5.02 Å². The van der Waals surface area contributed by atoms with Crippen LogP contribution in [0.4, 0.5) is 0 Å². The quantitative estimate of drug-likeness (QED) is 0.547. The van der Waals surface area contributed by atoms with E-state index in [1.165, 1.54) is 32.1 Å². The lowest BCUT2D eigenvalue weighted by Crippen LogP contribution is -1.97. The molecular weight excluding hydrogens is 300 g/mol. The Hall–Kier alpha value is -0.210. The van der Waals surface area contributed by atoms with Gasteiger partial charge in [0, 0.05) is 4.47 Å². The third kappa shape index (κ3) is 6.32. The summed E-state index contributed by atoms with van der Waals surface area (Å²) in [5.74, 6) is 0.773. The molecule has 0 aliphatic carbocycles. The van der Waals surface area contributed by atoms with E-state index in [2.05, 4.69) is 22.9 Å². The van der Waals surface area contributed by atoms with Gasteiger partial charge in [-0.1, -0.05) is 66.6 Å². The second-order valence-corrected chi connectivity index (χ2v) is 5.51. The molecule has 1 aromatic carbocycles. The van der Waals surface area contributed by atoms with E-state index >= 15 is 0 Å². The third-order valence-corrected chi connectivity index (χ3v) is 3.45. The lowest BCUT2D eigenvalue weighted by atomic mass is 10.1. The number of ether oxygens (including phenoxy) is 1. The van der Waals surface area contributed by atoms with Gasteiger partial charge in [0.05, 0.1) is 11.6 Å². The molecule has 1 nitrogen and oxygen atoms in total. The van der Waals surface area contributed by atoms with Crippen molar-refractivity contribution in [1.29, 1.82) is 0 Å². The fourth-order valence-corrected chi connectivity index (χ4v) is 2.16. The Morgan fingerprint density at radius 1 is 1.12 bits per heavy atom. The fraction of sp³-hybridized carbons (Fsp3) is 0.571. The van der Waals surface area contributed by atoms with Gasteiger partial charge < -0.3 is 4.74 Å². The average molecular weight is 320 g/mol. The van der Waals surface area contributed by atoms with E-state index in [4.69, 9.17) is 16.3 Å². The van der Waals surface area contributed by atoms with Crippen molar-refractivity contribution in [2.45, 2.75) is 45.4 Å². The van der Waals surface area contributed by atoms with Crippen LogP contribution in [0.3, 0.4) is 0 Å². The maximum Gasteiger partial charge on any atom is 0.139 e. The van der Waals surface area contributed by atoms with E-state index in [0.717, 1.165) is 23.2 Å². The highest BCUT2D eigenvalue weighted by molar-refractivity contribution is 9.10. The summed E-state index contributed by atoms with van der Waals surface area (Å²) in [5, 5.41) is 0.680. The van der Waals surface area contributed by atoms with Gasteiger partial charge in [0.15, 0.2) is 0 Å². The normalized spacial score (nSPS) is 10.5. The number of hydrogen-bond acceptors (Lipinski definition) is 1. The molecule has 96 valence electrons. The summed E-state index contributed by atoms with van der Waals surface area (Å²) < 4.78 is 6.66. The zero-order valence-corrected chi connectivity index (χ0v) is 12.7. The van der Waals surface area contributed by atoms with Crippen LogP contribution in [0.15, 0.2) is 22.7 Å². The summed E-state index contributed by atoms with van der Waals surface area (Å²) in [6.07, 6.45) is 7.64. The van der Waals surface area contributed by atoms with Crippen molar-refractivity contribution in [3.63, 3.8) is 0 Å². The first kappa shape index (κ1) is 14.8. The van der Waals surface area contributed by atoms with Gasteiger partial charge in [-0.3, -0.25) is 0 Å². The van der Waals surface area contributed by atoms with Crippen LogP contribution in [0, 0.1) is 0 Å². The van der Waals surface area contributed by atoms with Gasteiger partial charge in [-0.05, 0) is 24.6 Å². The molecule has 1 rings (SSSR count). The standard InChI is InChI=1S/C14H20BrClO/c1-2-3-4-5-6-7-10-17-14-11-12(15)8-9-13(14)16/h8-9,11H,2-7,10H2,1H3. The lowest BCUT2D eigenvalue weighted by molar-refractivity contribution is 0.304. The fourth-order valence-electron chi connectivity index (χ4n) is 1.65. The largest absolute Gasteiger partial charge is 0.492 e. The highest BCUT2D eigenvalue weighted by atomic mass is 79.9. The van der Waals surface area contributed by atoms with Crippen molar-refractivity contribution in [3.8, 4) is 5.75 Å². The molecule has 0 aliphatic rings. The molecule has 0 radical (unpaired) electrons. The van der Waals surface area contributed by atoms with Gasteiger partial charge in [-0.25, -0.2) is 0 Å². The molecule has 1 aromatic rings. The van der Waals surface area contributed by atoms with E-state index in [9.17, 15) is 0 Å². The molecule has 3 heteroatoms. The molecule has 0 saturated heterocycles. The van der Waals surface area contributed by atoms with Gasteiger partial charge in [-0.15, -0.1) is 0 Å². The molecule has 0 unspecified atom stereocenters. The van der Waals surface area contributed by atoms with Gasteiger partial charge in [0.25, 0.3) is 0 Å². The molecule has 0 bridgehead atoms. The summed E-state index contributed by atoms with van der Waals surface area (Å²) in [7, 11) is 0. The Labute approximate surface area is 118 Å². The minimum absolute atomic E-state index is 0.680. The topological polar surface area (TPSA) is 9.23 Å². The van der Waals surface area contributed by atoms with Crippen LogP contribution >= 0.6 is 27.5 Å².